The van der Waals surface area contributed by atoms with E-state index in [4.69, 9.17) is 10.5 Å². The van der Waals surface area contributed by atoms with Crippen molar-refractivity contribution in [2.75, 3.05) is 5.73 Å². The minimum Gasteiger partial charge on any atom is -0.390 e. The minimum atomic E-state index is -1.02. The van der Waals surface area contributed by atoms with E-state index in [9.17, 15) is 19.8 Å². The first-order chi connectivity index (χ1) is 12.4. The Balaban J connectivity index is 1.86. The smallest absolute Gasteiger partial charge is 0.332 e. The van der Waals surface area contributed by atoms with Crippen LogP contribution in [0.25, 0.3) is 11.2 Å². The molecule has 142 valence electrons. The molecule has 2 fully saturated rings. The van der Waals surface area contributed by atoms with E-state index >= 15 is 0 Å². The average molecular weight is 365 g/mol. The van der Waals surface area contributed by atoms with Gasteiger partial charge in [-0.2, -0.15) is 4.98 Å². The van der Waals surface area contributed by atoms with E-state index in [0.29, 0.717) is 18.9 Å². The molecule has 0 aromatic carbocycles. The van der Waals surface area contributed by atoms with Crippen LogP contribution in [-0.2, 0) is 11.3 Å². The summed E-state index contributed by atoms with van der Waals surface area (Å²) in [6.45, 7) is 2.23. The Bertz CT molecular complexity index is 943. The number of rotatable bonds is 5. The van der Waals surface area contributed by atoms with Gasteiger partial charge >= 0.3 is 5.69 Å². The average Bonchev–Trinajstić information content (AvgIpc) is 3.27. The molecule has 0 spiro atoms. The molecule has 2 aliphatic rings. The van der Waals surface area contributed by atoms with Gasteiger partial charge in [0.15, 0.2) is 17.4 Å². The van der Waals surface area contributed by atoms with Crippen molar-refractivity contribution in [1.82, 2.24) is 19.1 Å². The summed E-state index contributed by atoms with van der Waals surface area (Å²) in [5.41, 5.74) is 4.92. The third-order valence-electron chi connectivity index (χ3n) is 5.19. The fourth-order valence-corrected chi connectivity index (χ4v) is 3.58. The van der Waals surface area contributed by atoms with E-state index in [2.05, 4.69) is 9.97 Å². The molecule has 2 aromatic heterocycles. The Labute approximate surface area is 148 Å². The first-order valence-electron chi connectivity index (χ1n) is 8.92. The second-order valence-corrected chi connectivity index (χ2v) is 7.17. The highest BCUT2D eigenvalue weighted by atomic mass is 16.5. The Morgan fingerprint density at radius 1 is 1.42 bits per heavy atom. The van der Waals surface area contributed by atoms with Crippen LogP contribution in [-0.4, -0.2) is 47.6 Å². The zero-order valence-corrected chi connectivity index (χ0v) is 14.5. The number of nitrogens with zero attached hydrogens (tertiary/aromatic N) is 3. The Kier molecular flexibility index (Phi) is 4.13. The Morgan fingerprint density at radius 3 is 2.81 bits per heavy atom. The normalized spacial score (nSPS) is 27.3. The second kappa shape index (κ2) is 6.22. The summed E-state index contributed by atoms with van der Waals surface area (Å²) in [5.74, 6) is 0.241. The van der Waals surface area contributed by atoms with Crippen LogP contribution in [0.1, 0.15) is 38.8 Å². The Morgan fingerprint density at radius 2 is 2.15 bits per heavy atom. The van der Waals surface area contributed by atoms with E-state index in [0.717, 1.165) is 12.8 Å². The van der Waals surface area contributed by atoms with Crippen LogP contribution in [0.15, 0.2) is 9.59 Å². The van der Waals surface area contributed by atoms with Crippen LogP contribution in [0.3, 0.4) is 0 Å². The number of hydrogen-bond acceptors (Lipinski definition) is 7. The van der Waals surface area contributed by atoms with Gasteiger partial charge in [0.2, 0.25) is 5.95 Å². The van der Waals surface area contributed by atoms with Crippen molar-refractivity contribution in [3.8, 4) is 0 Å². The summed E-state index contributed by atoms with van der Waals surface area (Å²) in [5, 5.41) is 20.5. The van der Waals surface area contributed by atoms with Gasteiger partial charge in [0.25, 0.3) is 5.56 Å². The number of ether oxygens (including phenoxy) is 1. The monoisotopic (exact) mass is 365 g/mol. The van der Waals surface area contributed by atoms with E-state index < -0.39 is 35.8 Å². The number of nitrogen functional groups attached to an aromatic ring is 1. The maximum absolute atomic E-state index is 13.0. The molecule has 0 bridgehead atoms. The predicted octanol–water partition coefficient (Wildman–Crippen LogP) is -0.702. The number of anilines is 1. The fraction of sp³-hybridized carbons (Fsp3) is 0.688. The number of aliphatic hydroxyl groups is 2. The SMILES string of the molecule is CC[C@H](O)[C@@H]1C[C@@H](O)[C@H](n2c(=O)n(CC3CC3)c3c(=O)[nH]c(N)nc32)O1. The van der Waals surface area contributed by atoms with Gasteiger partial charge in [-0.3, -0.25) is 14.3 Å². The van der Waals surface area contributed by atoms with Gasteiger partial charge in [0, 0.05) is 13.0 Å². The number of hydrogen-bond donors (Lipinski definition) is 4. The number of nitrogens with one attached hydrogen (secondary N) is 1. The van der Waals surface area contributed by atoms with Gasteiger partial charge in [-0.05, 0) is 25.2 Å². The van der Waals surface area contributed by atoms with Gasteiger partial charge in [-0.15, -0.1) is 0 Å². The molecule has 0 unspecified atom stereocenters. The molecule has 4 rings (SSSR count). The second-order valence-electron chi connectivity index (χ2n) is 7.17. The van der Waals surface area contributed by atoms with E-state index in [1.54, 1.807) is 0 Å². The molecule has 1 saturated carbocycles. The van der Waals surface area contributed by atoms with Gasteiger partial charge in [-0.25, -0.2) is 9.36 Å². The molecule has 5 N–H and O–H groups in total. The lowest BCUT2D eigenvalue weighted by Gasteiger charge is -2.18. The van der Waals surface area contributed by atoms with Crippen LogP contribution < -0.4 is 17.0 Å². The molecule has 1 aliphatic carbocycles. The zero-order valence-electron chi connectivity index (χ0n) is 14.5. The van der Waals surface area contributed by atoms with Crippen LogP contribution in [0.4, 0.5) is 5.95 Å². The highest BCUT2D eigenvalue weighted by Gasteiger charge is 2.41. The van der Waals surface area contributed by atoms with Crippen LogP contribution in [0.2, 0.25) is 0 Å². The largest absolute Gasteiger partial charge is 0.390 e. The molecule has 1 aliphatic heterocycles. The third-order valence-corrected chi connectivity index (χ3v) is 5.19. The van der Waals surface area contributed by atoms with Gasteiger partial charge in [0.1, 0.15) is 6.10 Å². The molecule has 3 heterocycles. The van der Waals surface area contributed by atoms with Crippen LogP contribution >= 0.6 is 0 Å². The van der Waals surface area contributed by atoms with Crippen molar-refractivity contribution in [3.63, 3.8) is 0 Å². The number of fused-ring (bicyclic) bond motifs is 1. The van der Waals surface area contributed by atoms with Crippen molar-refractivity contribution in [1.29, 1.82) is 0 Å². The summed E-state index contributed by atoms with van der Waals surface area (Å²) in [4.78, 5) is 32.0. The lowest BCUT2D eigenvalue weighted by Crippen LogP contribution is -2.32. The van der Waals surface area contributed by atoms with Crippen molar-refractivity contribution >= 4 is 17.1 Å². The summed E-state index contributed by atoms with van der Waals surface area (Å²) in [6.07, 6.45) is -0.682. The number of aromatic amines is 1. The fourth-order valence-electron chi connectivity index (χ4n) is 3.58. The highest BCUT2D eigenvalue weighted by molar-refractivity contribution is 5.71. The minimum absolute atomic E-state index is 0.0904. The zero-order chi connectivity index (χ0) is 18.6. The molecule has 0 amide bonds. The van der Waals surface area contributed by atoms with E-state index in [1.165, 1.54) is 9.13 Å². The summed E-state index contributed by atoms with van der Waals surface area (Å²) >= 11 is 0. The van der Waals surface area contributed by atoms with Gasteiger partial charge in [0.05, 0.1) is 12.2 Å². The molecular formula is C16H23N5O5. The molecule has 2 aromatic rings. The molecular weight excluding hydrogens is 342 g/mol. The first kappa shape index (κ1) is 17.3. The topological polar surface area (TPSA) is 148 Å². The molecule has 1 saturated heterocycles. The number of aromatic nitrogens is 4. The number of imidazole rings is 1. The summed E-state index contributed by atoms with van der Waals surface area (Å²) < 4.78 is 8.35. The number of nitrogens with two attached hydrogens (primary N) is 1. The van der Waals surface area contributed by atoms with Crippen molar-refractivity contribution in [2.24, 2.45) is 5.92 Å². The quantitative estimate of drug-likeness (QED) is 0.547. The van der Waals surface area contributed by atoms with E-state index in [1.807, 2.05) is 6.92 Å². The van der Waals surface area contributed by atoms with Crippen LogP contribution in [0.5, 0.6) is 0 Å². The maximum atomic E-state index is 13.0. The lowest BCUT2D eigenvalue weighted by atomic mass is 10.1. The predicted molar refractivity (Wildman–Crippen MR) is 92.6 cm³/mol. The van der Waals surface area contributed by atoms with Gasteiger partial charge in [-0.1, -0.05) is 6.92 Å². The van der Waals surface area contributed by atoms with Crippen molar-refractivity contribution in [2.45, 2.75) is 63.7 Å². The number of aliphatic hydroxyl groups excluding tert-OH is 2. The van der Waals surface area contributed by atoms with E-state index in [-0.39, 0.29) is 23.5 Å². The number of H-pyrrole nitrogens is 1. The molecule has 10 heteroatoms. The molecule has 0 radical (unpaired) electrons. The third kappa shape index (κ3) is 2.74. The van der Waals surface area contributed by atoms with Crippen molar-refractivity contribution in [3.05, 3.63) is 20.8 Å². The summed E-state index contributed by atoms with van der Waals surface area (Å²) in [6, 6.07) is 0. The first-order valence-corrected chi connectivity index (χ1v) is 8.92. The molecule has 10 nitrogen and oxygen atoms in total. The maximum Gasteiger partial charge on any atom is 0.332 e. The van der Waals surface area contributed by atoms with Crippen molar-refractivity contribution < 1.29 is 14.9 Å². The highest BCUT2D eigenvalue weighted by Crippen LogP contribution is 2.34. The standard InChI is InChI=1S/C16H23N5O5/c1-2-8(22)10-5-9(23)14(26-10)21-12-11(13(24)19-15(17)18-12)20(16(21)25)6-7-3-4-7/h7-10,14,22-23H,2-6H2,1H3,(H3,17,18,19,24)/t8-,9+,10-,14+/m0/s1. The summed E-state index contributed by atoms with van der Waals surface area (Å²) in [7, 11) is 0. The Hall–Kier alpha value is -2.17. The molecule has 4 atom stereocenters. The lowest BCUT2D eigenvalue weighted by molar-refractivity contribution is -0.0760. The van der Waals surface area contributed by atoms with Gasteiger partial charge < -0.3 is 20.7 Å². The molecule has 26 heavy (non-hydrogen) atoms. The van der Waals surface area contributed by atoms with Crippen LogP contribution in [0, 0.1) is 5.92 Å².